The zero-order valence-corrected chi connectivity index (χ0v) is 19.5. The van der Waals surface area contributed by atoms with Crippen LogP contribution in [-0.2, 0) is 24.7 Å². The van der Waals surface area contributed by atoms with Gasteiger partial charge in [-0.1, -0.05) is 31.5 Å². The number of aliphatic hydroxyl groups is 1. The molecule has 1 N–H and O–H groups in total. The second-order valence-corrected chi connectivity index (χ2v) is 8.27. The predicted octanol–water partition coefficient (Wildman–Crippen LogP) is 3.06. The smallest absolute Gasteiger partial charge is 0.296 e. The van der Waals surface area contributed by atoms with Crippen molar-refractivity contribution < 1.29 is 29.0 Å². The fourth-order valence-electron chi connectivity index (χ4n) is 4.78. The van der Waals surface area contributed by atoms with Crippen molar-refractivity contribution in [3.63, 3.8) is 0 Å². The topological polar surface area (TPSA) is 96.4 Å². The molecule has 2 heterocycles. The molecule has 1 fully saturated rings. The Labute approximate surface area is 198 Å². The molecule has 1 saturated heterocycles. The lowest BCUT2D eigenvalue weighted by molar-refractivity contribution is -0.144. The molecule has 178 valence electrons. The van der Waals surface area contributed by atoms with Crippen molar-refractivity contribution in [1.29, 1.82) is 0 Å². The van der Waals surface area contributed by atoms with Gasteiger partial charge in [0.15, 0.2) is 5.54 Å². The van der Waals surface area contributed by atoms with E-state index in [4.69, 9.17) is 9.47 Å². The quantitative estimate of drug-likeness (QED) is 0.366. The van der Waals surface area contributed by atoms with Gasteiger partial charge in [-0.15, -0.1) is 0 Å². The maximum absolute atomic E-state index is 14.2. The van der Waals surface area contributed by atoms with Crippen LogP contribution in [0.15, 0.2) is 54.1 Å². The lowest BCUT2D eigenvalue weighted by atomic mass is 9.82. The number of hydrogen-bond donors (Lipinski definition) is 1. The van der Waals surface area contributed by atoms with Gasteiger partial charge in [-0.05, 0) is 36.8 Å². The summed E-state index contributed by atoms with van der Waals surface area (Å²) in [4.78, 5) is 43.7. The summed E-state index contributed by atoms with van der Waals surface area (Å²) in [5, 5.41) is 11.4. The van der Waals surface area contributed by atoms with Crippen molar-refractivity contribution >= 4 is 29.0 Å². The number of amides is 2. The van der Waals surface area contributed by atoms with Gasteiger partial charge < -0.3 is 24.4 Å². The Kier molecular flexibility index (Phi) is 6.43. The van der Waals surface area contributed by atoms with Crippen LogP contribution in [-0.4, -0.2) is 61.5 Å². The summed E-state index contributed by atoms with van der Waals surface area (Å²) in [5.41, 5.74) is -0.550. The number of aliphatic hydroxyl groups excluding tert-OH is 1. The molecule has 2 aliphatic heterocycles. The number of carbonyl (C=O) groups excluding carboxylic acids is 3. The number of unbranched alkanes of at least 4 members (excludes halogenated alkanes) is 1. The molecule has 1 spiro atoms. The molecule has 4 rings (SSSR count). The Hall–Kier alpha value is -3.65. The average molecular weight is 465 g/mol. The Morgan fingerprint density at radius 3 is 2.35 bits per heavy atom. The van der Waals surface area contributed by atoms with E-state index in [0.29, 0.717) is 29.1 Å². The van der Waals surface area contributed by atoms with E-state index in [9.17, 15) is 19.5 Å². The number of para-hydroxylation sites is 1. The van der Waals surface area contributed by atoms with E-state index < -0.39 is 28.9 Å². The fraction of sp³-hybridized carbons (Fsp3) is 0.346. The highest BCUT2D eigenvalue weighted by atomic mass is 16.5. The normalized spacial score (nSPS) is 21.0. The standard InChI is InChI=1S/C26H28N2O6/c1-4-5-14-27-20-9-7-6-8-19(20)26(25(27)32)21(23(30)24(31)28(26)15-16-33-2)22(29)17-10-12-18(34-3)13-11-17/h6-13,29H,4-5,14-16H2,1-3H3/b22-21-. The molecule has 0 bridgehead atoms. The molecule has 0 aromatic heterocycles. The molecule has 8 nitrogen and oxygen atoms in total. The van der Waals surface area contributed by atoms with E-state index in [0.717, 1.165) is 12.8 Å². The zero-order valence-electron chi connectivity index (χ0n) is 19.5. The van der Waals surface area contributed by atoms with Crippen LogP contribution in [0.4, 0.5) is 5.69 Å². The Bertz CT molecular complexity index is 1160. The number of anilines is 1. The molecule has 1 unspecified atom stereocenters. The summed E-state index contributed by atoms with van der Waals surface area (Å²) in [6.45, 7) is 2.60. The molecular weight excluding hydrogens is 436 g/mol. The number of Topliss-reactive ketones (excluding diaryl/α,β-unsaturated/α-hetero) is 1. The summed E-state index contributed by atoms with van der Waals surface area (Å²) in [7, 11) is 3.01. The SMILES string of the molecule is CCCCN1C(=O)C2(/C(=C(\O)c3ccc(OC)cc3)C(=O)C(=O)N2CCOC)c2ccccc21. The van der Waals surface area contributed by atoms with E-state index in [2.05, 4.69) is 0 Å². The molecule has 1 atom stereocenters. The van der Waals surface area contributed by atoms with Crippen LogP contribution in [0.3, 0.4) is 0 Å². The molecule has 0 radical (unpaired) electrons. The third-order valence-corrected chi connectivity index (χ3v) is 6.43. The van der Waals surface area contributed by atoms with Gasteiger partial charge in [0.1, 0.15) is 11.5 Å². The van der Waals surface area contributed by atoms with E-state index in [1.165, 1.54) is 19.1 Å². The summed E-state index contributed by atoms with van der Waals surface area (Å²) in [5.74, 6) is -1.99. The largest absolute Gasteiger partial charge is 0.507 e. The maximum atomic E-state index is 14.2. The van der Waals surface area contributed by atoms with Gasteiger partial charge >= 0.3 is 0 Å². The summed E-state index contributed by atoms with van der Waals surface area (Å²) < 4.78 is 10.4. The van der Waals surface area contributed by atoms with E-state index >= 15 is 0 Å². The molecule has 0 saturated carbocycles. The Morgan fingerprint density at radius 1 is 1.00 bits per heavy atom. The molecule has 8 heteroatoms. The van der Waals surface area contributed by atoms with Crippen LogP contribution in [0.25, 0.3) is 5.76 Å². The third-order valence-electron chi connectivity index (χ3n) is 6.43. The highest BCUT2D eigenvalue weighted by Crippen LogP contribution is 2.53. The fourth-order valence-corrected chi connectivity index (χ4v) is 4.78. The first kappa shape index (κ1) is 23.5. The number of nitrogens with zero attached hydrogens (tertiary/aromatic N) is 2. The lowest BCUT2D eigenvalue weighted by Gasteiger charge is -2.34. The zero-order chi connectivity index (χ0) is 24.5. The molecule has 34 heavy (non-hydrogen) atoms. The highest BCUT2D eigenvalue weighted by Gasteiger charge is 2.66. The van der Waals surface area contributed by atoms with Crippen LogP contribution < -0.4 is 9.64 Å². The van der Waals surface area contributed by atoms with Crippen molar-refractivity contribution in [2.75, 3.05) is 38.8 Å². The third kappa shape index (κ3) is 3.37. The number of rotatable bonds is 8. The number of methoxy groups -OCH3 is 2. The van der Waals surface area contributed by atoms with Crippen LogP contribution in [0.2, 0.25) is 0 Å². The second kappa shape index (κ2) is 9.30. The van der Waals surface area contributed by atoms with E-state index in [1.54, 1.807) is 41.3 Å². The van der Waals surface area contributed by atoms with Crippen LogP contribution in [0, 0.1) is 0 Å². The number of fused-ring (bicyclic) bond motifs is 2. The van der Waals surface area contributed by atoms with Gasteiger partial charge in [-0.3, -0.25) is 14.4 Å². The number of benzene rings is 2. The first-order valence-corrected chi connectivity index (χ1v) is 11.3. The molecule has 2 aliphatic rings. The van der Waals surface area contributed by atoms with Gasteiger partial charge in [0, 0.05) is 31.3 Å². The van der Waals surface area contributed by atoms with Crippen molar-refractivity contribution in [1.82, 2.24) is 4.90 Å². The first-order chi connectivity index (χ1) is 16.4. The van der Waals surface area contributed by atoms with E-state index in [-0.39, 0.29) is 18.7 Å². The Morgan fingerprint density at radius 2 is 1.71 bits per heavy atom. The van der Waals surface area contributed by atoms with Gasteiger partial charge in [0.25, 0.3) is 17.6 Å². The molecule has 2 aromatic carbocycles. The van der Waals surface area contributed by atoms with Crippen molar-refractivity contribution in [2.24, 2.45) is 0 Å². The number of ether oxygens (including phenoxy) is 2. The summed E-state index contributed by atoms with van der Waals surface area (Å²) in [6.07, 6.45) is 1.61. The van der Waals surface area contributed by atoms with Gasteiger partial charge in [-0.25, -0.2) is 0 Å². The molecular formula is C26H28N2O6. The molecule has 0 aliphatic carbocycles. The van der Waals surface area contributed by atoms with Crippen molar-refractivity contribution in [3.8, 4) is 5.75 Å². The predicted molar refractivity (Wildman–Crippen MR) is 127 cm³/mol. The highest BCUT2D eigenvalue weighted by molar-refractivity contribution is 6.50. The number of likely N-dealkylation sites (tertiary alicyclic amines) is 1. The summed E-state index contributed by atoms with van der Waals surface area (Å²) in [6, 6.07) is 13.6. The van der Waals surface area contributed by atoms with Gasteiger partial charge in [0.05, 0.1) is 25.0 Å². The number of ketones is 1. The van der Waals surface area contributed by atoms with Crippen LogP contribution in [0.5, 0.6) is 5.75 Å². The van der Waals surface area contributed by atoms with Crippen LogP contribution in [0.1, 0.15) is 30.9 Å². The van der Waals surface area contributed by atoms with Gasteiger partial charge in [-0.2, -0.15) is 0 Å². The Balaban J connectivity index is 2.00. The number of carbonyl (C=O) groups is 3. The summed E-state index contributed by atoms with van der Waals surface area (Å²) >= 11 is 0. The minimum absolute atomic E-state index is 0.0160. The first-order valence-electron chi connectivity index (χ1n) is 11.3. The van der Waals surface area contributed by atoms with Crippen molar-refractivity contribution in [2.45, 2.75) is 25.3 Å². The van der Waals surface area contributed by atoms with Gasteiger partial charge in [0.2, 0.25) is 0 Å². The monoisotopic (exact) mass is 464 g/mol. The molecule has 2 aromatic rings. The minimum atomic E-state index is -1.76. The van der Waals surface area contributed by atoms with Crippen molar-refractivity contribution in [3.05, 3.63) is 65.2 Å². The van der Waals surface area contributed by atoms with Crippen LogP contribution >= 0.6 is 0 Å². The minimum Gasteiger partial charge on any atom is -0.507 e. The average Bonchev–Trinajstić information content (AvgIpc) is 3.24. The van der Waals surface area contributed by atoms with E-state index in [1.807, 2.05) is 19.1 Å². The maximum Gasteiger partial charge on any atom is 0.296 e. The number of hydrogen-bond acceptors (Lipinski definition) is 6. The molecule has 2 amide bonds. The lowest BCUT2D eigenvalue weighted by Crippen LogP contribution is -2.52. The second-order valence-electron chi connectivity index (χ2n) is 8.27.